The predicted octanol–water partition coefficient (Wildman–Crippen LogP) is 2.89. The molecule has 1 heterocycles. The van der Waals surface area contributed by atoms with Gasteiger partial charge in [0.1, 0.15) is 0 Å². The smallest absolute Gasteiger partial charge is 0.251 e. The summed E-state index contributed by atoms with van der Waals surface area (Å²) in [7, 11) is -3.23. The van der Waals surface area contributed by atoms with E-state index in [1.54, 1.807) is 36.4 Å². The molecule has 3 rings (SSSR count). The minimum atomic E-state index is -3.23. The highest BCUT2D eigenvalue weighted by Crippen LogP contribution is 2.25. The molecule has 0 unspecified atom stereocenters. The topological polar surface area (TPSA) is 95.6 Å². The van der Waals surface area contributed by atoms with E-state index in [0.29, 0.717) is 29.9 Å². The van der Waals surface area contributed by atoms with Crippen LogP contribution in [-0.4, -0.2) is 39.1 Å². The van der Waals surface area contributed by atoms with Crippen LogP contribution in [0.4, 0.5) is 11.4 Å². The molecule has 2 aromatic carbocycles. The average Bonchev–Trinajstić information content (AvgIpc) is 3.05. The van der Waals surface area contributed by atoms with Gasteiger partial charge >= 0.3 is 0 Å². The summed E-state index contributed by atoms with van der Waals surface area (Å²) in [4.78, 5) is 24.4. The molecule has 2 N–H and O–H groups in total. The maximum absolute atomic E-state index is 12.3. The number of anilines is 2. The lowest BCUT2D eigenvalue weighted by Crippen LogP contribution is -2.32. The molecule has 30 heavy (non-hydrogen) atoms. The van der Waals surface area contributed by atoms with E-state index in [2.05, 4.69) is 31.4 Å². The number of benzene rings is 2. The zero-order chi connectivity index (χ0) is 21.9. The highest BCUT2D eigenvalue weighted by molar-refractivity contribution is 7.93. The van der Waals surface area contributed by atoms with Gasteiger partial charge in [0, 0.05) is 17.8 Å². The highest BCUT2D eigenvalue weighted by atomic mass is 32.2. The maximum Gasteiger partial charge on any atom is 0.251 e. The molecule has 2 aromatic rings. The molecule has 160 valence electrons. The molecule has 0 bridgehead atoms. The Bertz CT molecular complexity index is 1020. The third-order valence-corrected chi connectivity index (χ3v) is 6.83. The molecular weight excluding hydrogens is 402 g/mol. The number of nitrogens with one attached hydrogen (secondary N) is 2. The number of carbonyl (C=O) groups excluding carboxylic acids is 2. The van der Waals surface area contributed by atoms with Crippen LogP contribution in [0.15, 0.2) is 48.5 Å². The summed E-state index contributed by atoms with van der Waals surface area (Å²) in [5.41, 5.74) is 2.74. The second-order valence-electron chi connectivity index (χ2n) is 8.35. The number of amides is 2. The molecule has 8 heteroatoms. The summed E-state index contributed by atoms with van der Waals surface area (Å²) in [6, 6.07) is 13.9. The van der Waals surface area contributed by atoms with Crippen molar-refractivity contribution in [2.45, 2.75) is 32.6 Å². The van der Waals surface area contributed by atoms with Crippen LogP contribution in [0.3, 0.4) is 0 Å². The molecule has 0 aliphatic carbocycles. The first-order valence-corrected chi connectivity index (χ1v) is 11.5. The Kier molecular flexibility index (Phi) is 6.17. The van der Waals surface area contributed by atoms with Gasteiger partial charge in [-0.2, -0.15) is 0 Å². The van der Waals surface area contributed by atoms with Crippen molar-refractivity contribution >= 4 is 33.2 Å². The van der Waals surface area contributed by atoms with Crippen LogP contribution in [0.1, 0.15) is 43.1 Å². The van der Waals surface area contributed by atoms with Crippen molar-refractivity contribution in [2.24, 2.45) is 0 Å². The Morgan fingerprint density at radius 1 is 1.00 bits per heavy atom. The van der Waals surface area contributed by atoms with Crippen LogP contribution in [0, 0.1) is 0 Å². The van der Waals surface area contributed by atoms with Crippen LogP contribution in [0.2, 0.25) is 0 Å². The molecule has 0 spiro atoms. The van der Waals surface area contributed by atoms with Crippen molar-refractivity contribution in [3.63, 3.8) is 0 Å². The highest BCUT2D eigenvalue weighted by Gasteiger charge is 2.28. The molecule has 0 atom stereocenters. The van der Waals surface area contributed by atoms with Gasteiger partial charge in [-0.3, -0.25) is 13.9 Å². The molecule has 1 saturated heterocycles. The van der Waals surface area contributed by atoms with E-state index in [-0.39, 0.29) is 29.5 Å². The van der Waals surface area contributed by atoms with Gasteiger partial charge in [0.2, 0.25) is 15.9 Å². The van der Waals surface area contributed by atoms with E-state index < -0.39 is 10.0 Å². The first-order valence-electron chi connectivity index (χ1n) is 9.85. The minimum absolute atomic E-state index is 0.00338. The monoisotopic (exact) mass is 429 g/mol. The van der Waals surface area contributed by atoms with E-state index >= 15 is 0 Å². The SMILES string of the molecule is CC(C)(C)c1ccc(C(=O)NCC(=O)Nc2ccc(N3CCCS3(=O)=O)cc2)cc1. The molecule has 1 aliphatic heterocycles. The van der Waals surface area contributed by atoms with E-state index in [1.807, 2.05) is 12.1 Å². The second kappa shape index (κ2) is 8.47. The van der Waals surface area contributed by atoms with Gasteiger partial charge in [-0.15, -0.1) is 0 Å². The third-order valence-electron chi connectivity index (χ3n) is 4.96. The molecule has 1 aliphatic rings. The van der Waals surface area contributed by atoms with E-state index in [0.717, 1.165) is 5.56 Å². The van der Waals surface area contributed by atoms with Gasteiger partial charge in [0.05, 0.1) is 18.0 Å². The molecular formula is C22H27N3O4S. The normalized spacial score (nSPS) is 15.6. The summed E-state index contributed by atoms with van der Waals surface area (Å²) in [5, 5.41) is 5.30. The lowest BCUT2D eigenvalue weighted by Gasteiger charge is -2.19. The summed E-state index contributed by atoms with van der Waals surface area (Å²) >= 11 is 0. The Hall–Kier alpha value is -2.87. The Labute approximate surface area is 177 Å². The molecule has 1 fully saturated rings. The quantitative estimate of drug-likeness (QED) is 0.764. The summed E-state index contributed by atoms with van der Waals surface area (Å²) < 4.78 is 25.3. The summed E-state index contributed by atoms with van der Waals surface area (Å²) in [6.45, 7) is 6.61. The van der Waals surface area contributed by atoms with Crippen molar-refractivity contribution in [1.82, 2.24) is 5.32 Å². The van der Waals surface area contributed by atoms with E-state index in [4.69, 9.17) is 0 Å². The third kappa shape index (κ3) is 5.18. The predicted molar refractivity (Wildman–Crippen MR) is 118 cm³/mol. The maximum atomic E-state index is 12.3. The number of sulfonamides is 1. The average molecular weight is 430 g/mol. The lowest BCUT2D eigenvalue weighted by atomic mass is 9.87. The van der Waals surface area contributed by atoms with E-state index in [9.17, 15) is 18.0 Å². The first-order chi connectivity index (χ1) is 14.1. The van der Waals surface area contributed by atoms with Gasteiger partial charge in [-0.25, -0.2) is 8.42 Å². The van der Waals surface area contributed by atoms with Gasteiger partial charge < -0.3 is 10.6 Å². The number of nitrogens with zero attached hydrogens (tertiary/aromatic N) is 1. The summed E-state index contributed by atoms with van der Waals surface area (Å²) in [6.07, 6.45) is 0.611. The lowest BCUT2D eigenvalue weighted by molar-refractivity contribution is -0.115. The van der Waals surface area contributed by atoms with Crippen LogP contribution in [0.5, 0.6) is 0 Å². The van der Waals surface area contributed by atoms with Crippen LogP contribution in [-0.2, 0) is 20.2 Å². The van der Waals surface area contributed by atoms with Crippen molar-refractivity contribution in [1.29, 1.82) is 0 Å². The van der Waals surface area contributed by atoms with Gasteiger partial charge in [0.25, 0.3) is 5.91 Å². The van der Waals surface area contributed by atoms with Gasteiger partial charge in [-0.05, 0) is 53.8 Å². The van der Waals surface area contributed by atoms with E-state index in [1.165, 1.54) is 4.31 Å². The fraction of sp³-hybridized carbons (Fsp3) is 0.364. The number of hydrogen-bond acceptors (Lipinski definition) is 4. The largest absolute Gasteiger partial charge is 0.343 e. The minimum Gasteiger partial charge on any atom is -0.343 e. The standard InChI is InChI=1S/C22H27N3O4S/c1-22(2,3)17-7-5-16(6-8-17)21(27)23-15-20(26)24-18-9-11-19(12-10-18)25-13-4-14-30(25,28)29/h5-12H,4,13-15H2,1-3H3,(H,23,27)(H,24,26). The van der Waals surface area contributed by atoms with Gasteiger partial charge in [0.15, 0.2) is 0 Å². The molecule has 2 amide bonds. The fourth-order valence-electron chi connectivity index (χ4n) is 3.23. The second-order valence-corrected chi connectivity index (χ2v) is 10.4. The molecule has 0 saturated carbocycles. The van der Waals surface area contributed by atoms with Crippen molar-refractivity contribution < 1.29 is 18.0 Å². The fourth-order valence-corrected chi connectivity index (χ4v) is 4.79. The Balaban J connectivity index is 1.52. The number of rotatable bonds is 5. The number of hydrogen-bond donors (Lipinski definition) is 2. The van der Waals surface area contributed by atoms with Crippen molar-refractivity contribution in [3.8, 4) is 0 Å². The Morgan fingerprint density at radius 2 is 1.63 bits per heavy atom. The van der Waals surface area contributed by atoms with Crippen molar-refractivity contribution in [3.05, 3.63) is 59.7 Å². The summed E-state index contributed by atoms with van der Waals surface area (Å²) in [5.74, 6) is -0.527. The zero-order valence-corrected chi connectivity index (χ0v) is 18.3. The number of carbonyl (C=O) groups is 2. The van der Waals surface area contributed by atoms with Crippen LogP contribution < -0.4 is 14.9 Å². The van der Waals surface area contributed by atoms with Crippen LogP contribution in [0.25, 0.3) is 0 Å². The zero-order valence-electron chi connectivity index (χ0n) is 17.4. The molecule has 0 aromatic heterocycles. The van der Waals surface area contributed by atoms with Gasteiger partial charge in [-0.1, -0.05) is 32.9 Å². The van der Waals surface area contributed by atoms with Crippen molar-refractivity contribution in [2.75, 3.05) is 28.5 Å². The first kappa shape index (κ1) is 21.8. The molecule has 0 radical (unpaired) electrons. The Morgan fingerprint density at radius 3 is 2.17 bits per heavy atom. The van der Waals surface area contributed by atoms with Crippen LogP contribution >= 0.6 is 0 Å². The molecule has 7 nitrogen and oxygen atoms in total.